The second kappa shape index (κ2) is 4.80. The maximum atomic E-state index is 9.62. The molecule has 0 spiro atoms. The van der Waals surface area contributed by atoms with Gasteiger partial charge in [0.15, 0.2) is 0 Å². The largest absolute Gasteiger partial charge is 0.393 e. The van der Waals surface area contributed by atoms with Crippen LogP contribution in [0.3, 0.4) is 0 Å². The van der Waals surface area contributed by atoms with Crippen molar-refractivity contribution in [2.45, 2.75) is 59.0 Å². The number of rotatable bonds is 3. The second-order valence-corrected chi connectivity index (χ2v) is 4.58. The molecule has 1 rings (SSSR count). The molecule has 1 fully saturated rings. The van der Waals surface area contributed by atoms with E-state index in [1.54, 1.807) is 0 Å². The molecule has 2 unspecified atom stereocenters. The van der Waals surface area contributed by atoms with Crippen molar-refractivity contribution in [3.05, 3.63) is 11.1 Å². The van der Waals surface area contributed by atoms with Gasteiger partial charge in [-0.05, 0) is 52.4 Å². The van der Waals surface area contributed by atoms with Crippen LogP contribution >= 0.6 is 0 Å². The molecule has 0 radical (unpaired) electrons. The van der Waals surface area contributed by atoms with Crippen LogP contribution in [0.2, 0.25) is 0 Å². The quantitative estimate of drug-likeness (QED) is 0.664. The highest BCUT2D eigenvalue weighted by molar-refractivity contribution is 5.06. The highest BCUT2D eigenvalue weighted by atomic mass is 16.3. The molecule has 0 aromatic carbocycles. The number of aliphatic hydroxyl groups excluding tert-OH is 1. The van der Waals surface area contributed by atoms with Crippen molar-refractivity contribution in [1.29, 1.82) is 0 Å². The number of allylic oxidation sites excluding steroid dienone is 2. The van der Waals surface area contributed by atoms with Crippen LogP contribution in [0, 0.1) is 5.92 Å². The van der Waals surface area contributed by atoms with Gasteiger partial charge in [-0.1, -0.05) is 17.6 Å². The van der Waals surface area contributed by atoms with E-state index in [2.05, 4.69) is 20.8 Å². The third kappa shape index (κ3) is 3.15. The molecule has 1 aliphatic rings. The Morgan fingerprint density at radius 2 is 1.92 bits per heavy atom. The molecular weight excluding hydrogens is 160 g/mol. The van der Waals surface area contributed by atoms with Crippen LogP contribution in [-0.4, -0.2) is 11.2 Å². The molecule has 0 bridgehead atoms. The highest BCUT2D eigenvalue weighted by Gasteiger charge is 2.24. The van der Waals surface area contributed by atoms with E-state index in [1.807, 2.05) is 0 Å². The summed E-state index contributed by atoms with van der Waals surface area (Å²) >= 11 is 0. The molecule has 1 heteroatoms. The van der Waals surface area contributed by atoms with Crippen LogP contribution in [0.1, 0.15) is 52.9 Å². The van der Waals surface area contributed by atoms with Crippen LogP contribution in [0.25, 0.3) is 0 Å². The van der Waals surface area contributed by atoms with Gasteiger partial charge in [-0.15, -0.1) is 0 Å². The van der Waals surface area contributed by atoms with E-state index in [-0.39, 0.29) is 6.10 Å². The Hall–Kier alpha value is -0.300. The van der Waals surface area contributed by atoms with Crippen LogP contribution in [0.5, 0.6) is 0 Å². The summed E-state index contributed by atoms with van der Waals surface area (Å²) in [5.41, 5.74) is 2.94. The summed E-state index contributed by atoms with van der Waals surface area (Å²) in [5, 5.41) is 9.62. The van der Waals surface area contributed by atoms with E-state index >= 15 is 0 Å². The van der Waals surface area contributed by atoms with Crippen LogP contribution in [0.15, 0.2) is 11.1 Å². The summed E-state index contributed by atoms with van der Waals surface area (Å²) in [6.07, 6.45) is 5.82. The molecule has 0 aromatic rings. The first-order valence-electron chi connectivity index (χ1n) is 5.42. The molecule has 1 saturated carbocycles. The Balaban J connectivity index is 2.30. The van der Waals surface area contributed by atoms with Gasteiger partial charge in [0.1, 0.15) is 0 Å². The lowest BCUT2D eigenvalue weighted by Crippen LogP contribution is -2.12. The Morgan fingerprint density at radius 3 is 2.38 bits per heavy atom. The van der Waals surface area contributed by atoms with Crippen molar-refractivity contribution in [1.82, 2.24) is 0 Å². The minimum atomic E-state index is -0.00929. The summed E-state index contributed by atoms with van der Waals surface area (Å²) in [5.74, 6) is 0.578. The van der Waals surface area contributed by atoms with Crippen molar-refractivity contribution in [2.75, 3.05) is 0 Å². The predicted octanol–water partition coefficient (Wildman–Crippen LogP) is 3.28. The third-order valence-corrected chi connectivity index (χ3v) is 3.36. The maximum Gasteiger partial charge on any atom is 0.0568 e. The lowest BCUT2D eigenvalue weighted by atomic mass is 9.95. The molecule has 1 N–H and O–H groups in total. The van der Waals surface area contributed by atoms with E-state index in [9.17, 15) is 5.11 Å². The van der Waals surface area contributed by atoms with Crippen LogP contribution in [0.4, 0.5) is 0 Å². The topological polar surface area (TPSA) is 20.2 Å². The van der Waals surface area contributed by atoms with Gasteiger partial charge in [-0.2, -0.15) is 0 Å². The van der Waals surface area contributed by atoms with Crippen molar-refractivity contribution in [3.63, 3.8) is 0 Å². The molecule has 0 aromatic heterocycles. The lowest BCUT2D eigenvalue weighted by molar-refractivity contribution is 0.128. The molecule has 76 valence electrons. The summed E-state index contributed by atoms with van der Waals surface area (Å²) in [7, 11) is 0. The predicted molar refractivity (Wildman–Crippen MR) is 56.6 cm³/mol. The molecule has 1 nitrogen and oxygen atoms in total. The first-order chi connectivity index (χ1) is 6.11. The van der Waals surface area contributed by atoms with Gasteiger partial charge in [0.2, 0.25) is 0 Å². The van der Waals surface area contributed by atoms with Gasteiger partial charge in [0, 0.05) is 0 Å². The van der Waals surface area contributed by atoms with Crippen molar-refractivity contribution in [2.24, 2.45) is 5.92 Å². The SMILES string of the molecule is CC(C)=C(C)CCC1CCCC1O. The molecule has 13 heavy (non-hydrogen) atoms. The van der Waals surface area contributed by atoms with E-state index in [1.165, 1.54) is 36.8 Å². The number of hydrogen-bond acceptors (Lipinski definition) is 1. The van der Waals surface area contributed by atoms with Gasteiger partial charge in [-0.3, -0.25) is 0 Å². The fraction of sp³-hybridized carbons (Fsp3) is 0.833. The molecule has 0 amide bonds. The average Bonchev–Trinajstić information content (AvgIpc) is 2.47. The van der Waals surface area contributed by atoms with E-state index in [0.29, 0.717) is 5.92 Å². The first kappa shape index (κ1) is 10.8. The highest BCUT2D eigenvalue weighted by Crippen LogP contribution is 2.30. The Morgan fingerprint density at radius 1 is 1.23 bits per heavy atom. The maximum absolute atomic E-state index is 9.62. The standard InChI is InChI=1S/C12H22O/c1-9(2)10(3)7-8-11-5-4-6-12(11)13/h11-13H,4-8H2,1-3H3. The zero-order chi connectivity index (χ0) is 9.84. The Bertz CT molecular complexity index is 189. The van der Waals surface area contributed by atoms with Crippen molar-refractivity contribution in [3.8, 4) is 0 Å². The smallest absolute Gasteiger partial charge is 0.0568 e. The van der Waals surface area contributed by atoms with Crippen molar-refractivity contribution < 1.29 is 5.11 Å². The summed E-state index contributed by atoms with van der Waals surface area (Å²) in [4.78, 5) is 0. The van der Waals surface area contributed by atoms with Crippen LogP contribution in [-0.2, 0) is 0 Å². The zero-order valence-corrected chi connectivity index (χ0v) is 9.14. The Labute approximate surface area is 81.9 Å². The third-order valence-electron chi connectivity index (χ3n) is 3.36. The van der Waals surface area contributed by atoms with E-state index in [4.69, 9.17) is 0 Å². The minimum Gasteiger partial charge on any atom is -0.393 e. The fourth-order valence-electron chi connectivity index (χ4n) is 2.01. The summed E-state index contributed by atoms with van der Waals surface area (Å²) in [6.45, 7) is 6.54. The minimum absolute atomic E-state index is 0.00929. The molecule has 1 aliphatic carbocycles. The second-order valence-electron chi connectivity index (χ2n) is 4.58. The monoisotopic (exact) mass is 182 g/mol. The van der Waals surface area contributed by atoms with Gasteiger partial charge in [0.25, 0.3) is 0 Å². The van der Waals surface area contributed by atoms with Gasteiger partial charge < -0.3 is 5.11 Å². The number of hydrogen-bond donors (Lipinski definition) is 1. The summed E-state index contributed by atoms with van der Waals surface area (Å²) < 4.78 is 0. The summed E-state index contributed by atoms with van der Waals surface area (Å²) in [6, 6.07) is 0. The lowest BCUT2D eigenvalue weighted by Gasteiger charge is -2.14. The van der Waals surface area contributed by atoms with E-state index < -0.39 is 0 Å². The Kier molecular flexibility index (Phi) is 3.98. The van der Waals surface area contributed by atoms with Gasteiger partial charge in [0.05, 0.1) is 6.10 Å². The molecule has 2 atom stereocenters. The van der Waals surface area contributed by atoms with Gasteiger partial charge >= 0.3 is 0 Å². The fourth-order valence-corrected chi connectivity index (χ4v) is 2.01. The molecule has 0 aliphatic heterocycles. The molecular formula is C12H22O. The molecule has 0 saturated heterocycles. The molecule has 0 heterocycles. The van der Waals surface area contributed by atoms with E-state index in [0.717, 1.165) is 6.42 Å². The van der Waals surface area contributed by atoms with Gasteiger partial charge in [-0.25, -0.2) is 0 Å². The average molecular weight is 182 g/mol. The normalized spacial score (nSPS) is 27.7. The number of aliphatic hydroxyl groups is 1. The van der Waals surface area contributed by atoms with Crippen LogP contribution < -0.4 is 0 Å². The zero-order valence-electron chi connectivity index (χ0n) is 9.14. The first-order valence-corrected chi connectivity index (χ1v) is 5.42. The van der Waals surface area contributed by atoms with Crippen molar-refractivity contribution >= 4 is 0 Å².